The van der Waals surface area contributed by atoms with Crippen LogP contribution >= 0.6 is 0 Å². The number of amides is 1. The van der Waals surface area contributed by atoms with Crippen LogP contribution in [0.3, 0.4) is 0 Å². The summed E-state index contributed by atoms with van der Waals surface area (Å²) >= 11 is 0. The van der Waals surface area contributed by atoms with Crippen LogP contribution in [0.5, 0.6) is 0 Å². The van der Waals surface area contributed by atoms with E-state index in [-0.39, 0.29) is 6.04 Å². The van der Waals surface area contributed by atoms with Gasteiger partial charge in [-0.05, 0) is 37.0 Å². The van der Waals surface area contributed by atoms with Gasteiger partial charge < -0.3 is 9.80 Å². The molecule has 0 spiro atoms. The molecule has 2 rings (SSSR count). The normalized spacial score (nSPS) is 19.5. The van der Waals surface area contributed by atoms with E-state index in [4.69, 9.17) is 0 Å². The van der Waals surface area contributed by atoms with E-state index in [0.717, 1.165) is 31.6 Å². The van der Waals surface area contributed by atoms with Crippen LogP contribution in [0.2, 0.25) is 0 Å². The van der Waals surface area contributed by atoms with Crippen LogP contribution in [0.1, 0.15) is 30.0 Å². The van der Waals surface area contributed by atoms with Crippen LogP contribution in [0.4, 0.5) is 5.82 Å². The van der Waals surface area contributed by atoms with Crippen molar-refractivity contribution in [3.8, 4) is 0 Å². The van der Waals surface area contributed by atoms with Gasteiger partial charge in [0.15, 0.2) is 0 Å². The Morgan fingerprint density at radius 3 is 2.88 bits per heavy atom. The van der Waals surface area contributed by atoms with Crippen molar-refractivity contribution in [1.29, 1.82) is 0 Å². The second-order valence-corrected chi connectivity index (χ2v) is 4.79. The van der Waals surface area contributed by atoms with Crippen LogP contribution in [0, 0.1) is 6.92 Å². The zero-order valence-corrected chi connectivity index (χ0v) is 10.7. The summed E-state index contributed by atoms with van der Waals surface area (Å²) in [4.78, 5) is 19.3. The van der Waals surface area contributed by atoms with Crippen LogP contribution in [-0.4, -0.2) is 36.9 Å². The molecule has 1 amide bonds. The lowest BCUT2D eigenvalue weighted by molar-refractivity contribution is -0.118. The average molecular weight is 233 g/mol. The Bertz CT molecular complexity index is 417. The number of anilines is 1. The molecule has 0 aromatic carbocycles. The average Bonchev–Trinajstić information content (AvgIpc) is 2.76. The van der Waals surface area contributed by atoms with Gasteiger partial charge >= 0.3 is 0 Å². The number of likely N-dealkylation sites (tertiary alicyclic amines) is 1. The van der Waals surface area contributed by atoms with Gasteiger partial charge in [-0.2, -0.15) is 0 Å². The molecule has 0 radical (unpaired) electrons. The summed E-state index contributed by atoms with van der Waals surface area (Å²) in [7, 11) is 3.96. The molecular formula is C13H19N3O. The molecule has 2 heterocycles. The summed E-state index contributed by atoms with van der Waals surface area (Å²) in [5, 5.41) is 0. The minimum absolute atomic E-state index is 0.219. The van der Waals surface area contributed by atoms with Crippen molar-refractivity contribution < 1.29 is 4.79 Å². The van der Waals surface area contributed by atoms with Crippen LogP contribution in [0.25, 0.3) is 0 Å². The lowest BCUT2D eigenvalue weighted by Gasteiger charge is -2.22. The molecule has 1 saturated heterocycles. The first kappa shape index (κ1) is 11.9. The van der Waals surface area contributed by atoms with Gasteiger partial charge in [-0.15, -0.1) is 0 Å². The molecule has 1 aromatic heterocycles. The topological polar surface area (TPSA) is 36.4 Å². The van der Waals surface area contributed by atoms with Crippen molar-refractivity contribution >= 4 is 12.2 Å². The maximum absolute atomic E-state index is 11.0. The Hall–Kier alpha value is -1.58. The molecule has 17 heavy (non-hydrogen) atoms. The molecule has 1 aliphatic heterocycles. The van der Waals surface area contributed by atoms with Crippen molar-refractivity contribution in [2.45, 2.75) is 25.8 Å². The van der Waals surface area contributed by atoms with Gasteiger partial charge in [0.05, 0.1) is 6.04 Å². The third-order valence-electron chi connectivity index (χ3n) is 3.38. The molecule has 1 unspecified atom stereocenters. The number of carbonyl (C=O) groups excluding carboxylic acids is 1. The number of hydrogen-bond acceptors (Lipinski definition) is 3. The van der Waals surface area contributed by atoms with Gasteiger partial charge in [-0.3, -0.25) is 4.79 Å². The standard InChI is InChI=1S/C13H19N3O/c1-10-7-13(15(2)3)14-8-11(10)12-5-4-6-16(12)9-17/h7-9,12H,4-6H2,1-3H3. The Labute approximate surface area is 102 Å². The SMILES string of the molecule is Cc1cc(N(C)C)ncc1C1CCCN1C=O. The monoisotopic (exact) mass is 233 g/mol. The fourth-order valence-corrected chi connectivity index (χ4v) is 2.39. The first-order valence-electron chi connectivity index (χ1n) is 5.98. The largest absolute Gasteiger partial charge is 0.363 e. The Kier molecular flexibility index (Phi) is 3.31. The highest BCUT2D eigenvalue weighted by molar-refractivity contribution is 5.51. The third-order valence-corrected chi connectivity index (χ3v) is 3.38. The second-order valence-electron chi connectivity index (χ2n) is 4.79. The molecular weight excluding hydrogens is 214 g/mol. The van der Waals surface area contributed by atoms with E-state index in [2.05, 4.69) is 18.0 Å². The zero-order valence-electron chi connectivity index (χ0n) is 10.7. The summed E-state index contributed by atoms with van der Waals surface area (Å²) in [6, 6.07) is 2.30. The predicted octanol–water partition coefficient (Wildman–Crippen LogP) is 1.75. The minimum atomic E-state index is 0.219. The first-order chi connectivity index (χ1) is 8.13. The summed E-state index contributed by atoms with van der Waals surface area (Å²) < 4.78 is 0. The summed E-state index contributed by atoms with van der Waals surface area (Å²) in [6.07, 6.45) is 5.00. The lowest BCUT2D eigenvalue weighted by atomic mass is 10.0. The van der Waals surface area contributed by atoms with E-state index < -0.39 is 0 Å². The van der Waals surface area contributed by atoms with Gasteiger partial charge in [0.2, 0.25) is 6.41 Å². The molecule has 0 bridgehead atoms. The fourth-order valence-electron chi connectivity index (χ4n) is 2.39. The molecule has 4 heteroatoms. The Morgan fingerprint density at radius 1 is 1.53 bits per heavy atom. The van der Waals surface area contributed by atoms with Gasteiger partial charge in [0, 0.05) is 26.8 Å². The third kappa shape index (κ3) is 2.25. The van der Waals surface area contributed by atoms with Gasteiger partial charge in [0.1, 0.15) is 5.82 Å². The van der Waals surface area contributed by atoms with E-state index in [0.29, 0.717) is 0 Å². The van der Waals surface area contributed by atoms with Gasteiger partial charge in [-0.1, -0.05) is 0 Å². The predicted molar refractivity (Wildman–Crippen MR) is 68.0 cm³/mol. The smallest absolute Gasteiger partial charge is 0.210 e. The number of aryl methyl sites for hydroxylation is 1. The molecule has 1 atom stereocenters. The second kappa shape index (κ2) is 4.73. The van der Waals surface area contributed by atoms with E-state index in [9.17, 15) is 4.79 Å². The summed E-state index contributed by atoms with van der Waals surface area (Å²) in [5.41, 5.74) is 2.39. The fraction of sp³-hybridized carbons (Fsp3) is 0.538. The van der Waals surface area contributed by atoms with Crippen LogP contribution < -0.4 is 4.90 Å². The maximum Gasteiger partial charge on any atom is 0.210 e. The highest BCUT2D eigenvalue weighted by Crippen LogP contribution is 2.32. The number of hydrogen-bond donors (Lipinski definition) is 0. The molecule has 1 aromatic rings. The van der Waals surface area contributed by atoms with Crippen molar-refractivity contribution in [2.75, 3.05) is 25.5 Å². The number of rotatable bonds is 3. The van der Waals surface area contributed by atoms with Gasteiger partial charge in [0.25, 0.3) is 0 Å². The van der Waals surface area contributed by atoms with E-state index >= 15 is 0 Å². The van der Waals surface area contributed by atoms with E-state index in [1.165, 1.54) is 11.1 Å². The Morgan fingerprint density at radius 2 is 2.29 bits per heavy atom. The number of aromatic nitrogens is 1. The van der Waals surface area contributed by atoms with Gasteiger partial charge in [-0.25, -0.2) is 4.98 Å². The molecule has 0 saturated carbocycles. The van der Waals surface area contributed by atoms with Crippen molar-refractivity contribution in [3.05, 3.63) is 23.4 Å². The van der Waals surface area contributed by atoms with Crippen molar-refractivity contribution in [1.82, 2.24) is 9.88 Å². The Balaban J connectivity index is 2.30. The minimum Gasteiger partial charge on any atom is -0.363 e. The maximum atomic E-state index is 11.0. The van der Waals surface area contributed by atoms with E-state index in [1.807, 2.05) is 30.1 Å². The van der Waals surface area contributed by atoms with Crippen molar-refractivity contribution in [3.63, 3.8) is 0 Å². The highest BCUT2D eigenvalue weighted by atomic mass is 16.1. The molecule has 92 valence electrons. The molecule has 4 nitrogen and oxygen atoms in total. The highest BCUT2D eigenvalue weighted by Gasteiger charge is 2.26. The molecule has 0 N–H and O–H groups in total. The first-order valence-corrected chi connectivity index (χ1v) is 5.98. The summed E-state index contributed by atoms with van der Waals surface area (Å²) in [5.74, 6) is 0.960. The molecule has 0 aliphatic carbocycles. The zero-order chi connectivity index (χ0) is 12.4. The van der Waals surface area contributed by atoms with Crippen LogP contribution in [-0.2, 0) is 4.79 Å². The van der Waals surface area contributed by atoms with Crippen molar-refractivity contribution in [2.24, 2.45) is 0 Å². The molecule has 1 fully saturated rings. The summed E-state index contributed by atoms with van der Waals surface area (Å²) in [6.45, 7) is 2.95. The van der Waals surface area contributed by atoms with Crippen LogP contribution in [0.15, 0.2) is 12.3 Å². The lowest BCUT2D eigenvalue weighted by Crippen LogP contribution is -2.22. The number of carbonyl (C=O) groups is 1. The quantitative estimate of drug-likeness (QED) is 0.746. The number of pyridine rings is 1. The molecule has 1 aliphatic rings. The van der Waals surface area contributed by atoms with E-state index in [1.54, 1.807) is 0 Å². The number of nitrogens with zero attached hydrogens (tertiary/aromatic N) is 3.